The van der Waals surface area contributed by atoms with Crippen LogP contribution < -0.4 is 5.73 Å². The second-order valence-corrected chi connectivity index (χ2v) is 3.96. The summed E-state index contributed by atoms with van der Waals surface area (Å²) in [6.45, 7) is 1.77. The van der Waals surface area contributed by atoms with Gasteiger partial charge < -0.3 is 15.7 Å². The first-order chi connectivity index (χ1) is 7.54. The zero-order valence-electron chi connectivity index (χ0n) is 9.68. The number of aliphatic hydroxyl groups excluding tert-OH is 1. The number of hydrogen-bond donors (Lipinski definition) is 2. The smallest absolute Gasteiger partial charge is 0.227 e. The molecule has 0 aliphatic rings. The molecule has 1 atom stereocenters. The first-order valence-corrected chi connectivity index (χ1v) is 5.25. The van der Waals surface area contributed by atoms with Crippen LogP contribution >= 0.6 is 0 Å². The van der Waals surface area contributed by atoms with Crippen molar-refractivity contribution < 1.29 is 9.90 Å². The van der Waals surface area contributed by atoms with Gasteiger partial charge in [-0.1, -0.05) is 12.1 Å². The van der Waals surface area contributed by atoms with E-state index in [0.717, 1.165) is 5.56 Å². The molecule has 0 aliphatic carbocycles. The fourth-order valence-electron chi connectivity index (χ4n) is 1.37. The summed E-state index contributed by atoms with van der Waals surface area (Å²) in [7, 11) is 1.69. The van der Waals surface area contributed by atoms with E-state index in [-0.39, 0.29) is 18.6 Å². The number of anilines is 1. The summed E-state index contributed by atoms with van der Waals surface area (Å²) in [4.78, 5) is 13.3. The van der Waals surface area contributed by atoms with Crippen LogP contribution in [0, 0.1) is 0 Å². The van der Waals surface area contributed by atoms with Gasteiger partial charge in [-0.05, 0) is 24.6 Å². The first kappa shape index (κ1) is 12.5. The summed E-state index contributed by atoms with van der Waals surface area (Å²) >= 11 is 0. The van der Waals surface area contributed by atoms with Crippen LogP contribution in [0.25, 0.3) is 0 Å². The first-order valence-electron chi connectivity index (χ1n) is 5.25. The number of nitrogens with zero attached hydrogens (tertiary/aromatic N) is 1. The molecule has 0 aliphatic heterocycles. The van der Waals surface area contributed by atoms with E-state index in [0.29, 0.717) is 12.1 Å². The number of carbonyl (C=O) groups excluding carboxylic acids is 1. The zero-order chi connectivity index (χ0) is 12.1. The third kappa shape index (κ3) is 3.24. The summed E-state index contributed by atoms with van der Waals surface area (Å²) < 4.78 is 0. The molecular weight excluding hydrogens is 204 g/mol. The zero-order valence-corrected chi connectivity index (χ0v) is 9.68. The highest BCUT2D eigenvalue weighted by atomic mass is 16.3. The maximum atomic E-state index is 11.8. The van der Waals surface area contributed by atoms with Crippen molar-refractivity contribution >= 4 is 11.6 Å². The molecule has 3 N–H and O–H groups in total. The predicted octanol–water partition coefficient (Wildman–Crippen LogP) is 0.650. The lowest BCUT2D eigenvalue weighted by Gasteiger charge is -2.23. The van der Waals surface area contributed by atoms with Gasteiger partial charge in [0.05, 0.1) is 19.1 Å². The third-order valence-corrected chi connectivity index (χ3v) is 2.63. The Morgan fingerprint density at radius 2 is 2.25 bits per heavy atom. The number of rotatable bonds is 4. The second kappa shape index (κ2) is 5.51. The van der Waals surface area contributed by atoms with Crippen molar-refractivity contribution in [3.8, 4) is 0 Å². The summed E-state index contributed by atoms with van der Waals surface area (Å²) in [5.41, 5.74) is 7.18. The van der Waals surface area contributed by atoms with Crippen molar-refractivity contribution in [2.24, 2.45) is 0 Å². The standard InChI is InChI=1S/C12H18N2O2/c1-9(8-15)14(2)12(16)7-10-4-3-5-11(13)6-10/h3-6,9,15H,7-8,13H2,1-2H3. The Morgan fingerprint density at radius 3 is 2.81 bits per heavy atom. The molecule has 0 spiro atoms. The Balaban J connectivity index is 2.64. The quantitative estimate of drug-likeness (QED) is 0.735. The maximum absolute atomic E-state index is 11.8. The molecule has 0 saturated carbocycles. The molecule has 0 aromatic heterocycles. The average Bonchev–Trinajstić information content (AvgIpc) is 2.27. The van der Waals surface area contributed by atoms with Crippen molar-refractivity contribution in [1.82, 2.24) is 4.90 Å². The molecule has 4 nitrogen and oxygen atoms in total. The van der Waals surface area contributed by atoms with Crippen LogP contribution in [0.4, 0.5) is 5.69 Å². The second-order valence-electron chi connectivity index (χ2n) is 3.96. The number of nitrogens with two attached hydrogens (primary N) is 1. The Morgan fingerprint density at radius 1 is 1.56 bits per heavy atom. The van der Waals surface area contributed by atoms with E-state index < -0.39 is 0 Å². The fraction of sp³-hybridized carbons (Fsp3) is 0.417. The van der Waals surface area contributed by atoms with E-state index in [1.807, 2.05) is 12.1 Å². The van der Waals surface area contributed by atoms with Crippen LogP contribution in [0.3, 0.4) is 0 Å². The molecule has 0 fully saturated rings. The Kier molecular flexibility index (Phi) is 4.31. The summed E-state index contributed by atoms with van der Waals surface area (Å²) in [6.07, 6.45) is 0.311. The lowest BCUT2D eigenvalue weighted by molar-refractivity contribution is -0.131. The van der Waals surface area contributed by atoms with Crippen LogP contribution in [-0.2, 0) is 11.2 Å². The fourth-order valence-corrected chi connectivity index (χ4v) is 1.37. The van der Waals surface area contributed by atoms with Gasteiger partial charge in [0.25, 0.3) is 0 Å². The number of carbonyl (C=O) groups is 1. The van der Waals surface area contributed by atoms with Gasteiger partial charge in [0, 0.05) is 12.7 Å². The van der Waals surface area contributed by atoms with Crippen LogP contribution in [0.2, 0.25) is 0 Å². The molecule has 1 aromatic rings. The van der Waals surface area contributed by atoms with E-state index in [1.54, 1.807) is 31.0 Å². The highest BCUT2D eigenvalue weighted by molar-refractivity contribution is 5.79. The van der Waals surface area contributed by atoms with Crippen LogP contribution in [0.15, 0.2) is 24.3 Å². The highest BCUT2D eigenvalue weighted by Crippen LogP contribution is 2.09. The average molecular weight is 222 g/mol. The van der Waals surface area contributed by atoms with Gasteiger partial charge in [0.15, 0.2) is 0 Å². The molecule has 4 heteroatoms. The molecular formula is C12H18N2O2. The summed E-state index contributed by atoms with van der Waals surface area (Å²) in [6, 6.07) is 7.11. The van der Waals surface area contributed by atoms with Crippen molar-refractivity contribution in [2.75, 3.05) is 19.4 Å². The molecule has 1 rings (SSSR count). The minimum Gasteiger partial charge on any atom is -0.399 e. The number of nitrogen functional groups attached to an aromatic ring is 1. The number of hydrogen-bond acceptors (Lipinski definition) is 3. The van der Waals surface area contributed by atoms with Crippen LogP contribution in [0.1, 0.15) is 12.5 Å². The van der Waals surface area contributed by atoms with Gasteiger partial charge in [-0.15, -0.1) is 0 Å². The lowest BCUT2D eigenvalue weighted by atomic mass is 10.1. The Bertz CT molecular complexity index is 366. The third-order valence-electron chi connectivity index (χ3n) is 2.63. The lowest BCUT2D eigenvalue weighted by Crippen LogP contribution is -2.38. The molecule has 1 amide bonds. The predicted molar refractivity (Wildman–Crippen MR) is 63.9 cm³/mol. The highest BCUT2D eigenvalue weighted by Gasteiger charge is 2.14. The molecule has 0 bridgehead atoms. The van der Waals surface area contributed by atoms with Gasteiger partial charge in [0.2, 0.25) is 5.91 Å². The van der Waals surface area contributed by atoms with Gasteiger partial charge in [0.1, 0.15) is 0 Å². The van der Waals surface area contributed by atoms with Gasteiger partial charge in [-0.3, -0.25) is 4.79 Å². The number of aliphatic hydroxyl groups is 1. The molecule has 0 heterocycles. The maximum Gasteiger partial charge on any atom is 0.227 e. The summed E-state index contributed by atoms with van der Waals surface area (Å²) in [5.74, 6) is -0.0212. The van der Waals surface area contributed by atoms with E-state index in [2.05, 4.69) is 0 Å². The molecule has 0 radical (unpaired) electrons. The van der Waals surface area contributed by atoms with Gasteiger partial charge in [-0.25, -0.2) is 0 Å². The monoisotopic (exact) mass is 222 g/mol. The minimum atomic E-state index is -0.159. The van der Waals surface area contributed by atoms with Crippen molar-refractivity contribution in [3.63, 3.8) is 0 Å². The van der Waals surface area contributed by atoms with E-state index >= 15 is 0 Å². The van der Waals surface area contributed by atoms with E-state index in [9.17, 15) is 4.79 Å². The van der Waals surface area contributed by atoms with E-state index in [1.165, 1.54) is 0 Å². The largest absolute Gasteiger partial charge is 0.399 e. The number of amides is 1. The summed E-state index contributed by atoms with van der Waals surface area (Å²) in [5, 5.41) is 8.95. The normalized spacial score (nSPS) is 12.2. The van der Waals surface area contributed by atoms with Crippen LogP contribution in [-0.4, -0.2) is 35.6 Å². The number of benzene rings is 1. The number of likely N-dealkylation sites (N-methyl/N-ethyl adjacent to an activating group) is 1. The van der Waals surface area contributed by atoms with Crippen molar-refractivity contribution in [1.29, 1.82) is 0 Å². The Labute approximate surface area is 95.7 Å². The Hall–Kier alpha value is -1.55. The molecule has 1 unspecified atom stereocenters. The topological polar surface area (TPSA) is 66.6 Å². The molecule has 1 aromatic carbocycles. The molecule has 16 heavy (non-hydrogen) atoms. The van der Waals surface area contributed by atoms with Gasteiger partial charge >= 0.3 is 0 Å². The van der Waals surface area contributed by atoms with Crippen molar-refractivity contribution in [2.45, 2.75) is 19.4 Å². The van der Waals surface area contributed by atoms with Crippen LogP contribution in [0.5, 0.6) is 0 Å². The van der Waals surface area contributed by atoms with Crippen molar-refractivity contribution in [3.05, 3.63) is 29.8 Å². The molecule has 88 valence electrons. The van der Waals surface area contributed by atoms with Gasteiger partial charge in [-0.2, -0.15) is 0 Å². The molecule has 0 saturated heterocycles. The van der Waals surface area contributed by atoms with E-state index in [4.69, 9.17) is 10.8 Å². The SMILES string of the molecule is CC(CO)N(C)C(=O)Cc1cccc(N)c1. The minimum absolute atomic E-state index is 0.0212.